The molecular formula is C21H27N5O2. The first-order valence-corrected chi connectivity index (χ1v) is 10.0. The van der Waals surface area contributed by atoms with Gasteiger partial charge < -0.3 is 10.2 Å². The minimum atomic E-state index is -0.355. The number of benzene rings is 1. The predicted molar refractivity (Wildman–Crippen MR) is 106 cm³/mol. The van der Waals surface area contributed by atoms with Gasteiger partial charge in [0.15, 0.2) is 0 Å². The summed E-state index contributed by atoms with van der Waals surface area (Å²) >= 11 is 0. The van der Waals surface area contributed by atoms with Gasteiger partial charge in [-0.2, -0.15) is 5.10 Å². The molecule has 1 aromatic heterocycles. The molecule has 1 aromatic carbocycles. The zero-order chi connectivity index (χ0) is 19.5. The highest BCUT2D eigenvalue weighted by molar-refractivity contribution is 5.88. The van der Waals surface area contributed by atoms with Crippen molar-refractivity contribution in [2.24, 2.45) is 0 Å². The smallest absolute Gasteiger partial charge is 0.237 e. The Labute approximate surface area is 165 Å². The summed E-state index contributed by atoms with van der Waals surface area (Å²) in [6, 6.07) is 12.0. The van der Waals surface area contributed by atoms with E-state index in [4.69, 9.17) is 5.10 Å². The summed E-state index contributed by atoms with van der Waals surface area (Å²) < 4.78 is 2.01. The largest absolute Gasteiger partial charge is 0.353 e. The Morgan fingerprint density at radius 2 is 2.04 bits per heavy atom. The number of hydrogen-bond acceptors (Lipinski definition) is 4. The van der Waals surface area contributed by atoms with Gasteiger partial charge >= 0.3 is 0 Å². The number of hydrogen-bond donors (Lipinski definition) is 1. The van der Waals surface area contributed by atoms with Crippen LogP contribution in [0.1, 0.15) is 30.3 Å². The molecule has 28 heavy (non-hydrogen) atoms. The molecule has 7 heteroatoms. The van der Waals surface area contributed by atoms with E-state index in [9.17, 15) is 9.59 Å². The molecule has 2 aliphatic rings. The molecule has 2 aliphatic heterocycles. The Kier molecular flexibility index (Phi) is 5.43. The van der Waals surface area contributed by atoms with Crippen LogP contribution < -0.4 is 5.32 Å². The lowest BCUT2D eigenvalue weighted by Crippen LogP contribution is -2.56. The van der Waals surface area contributed by atoms with Crippen molar-refractivity contribution in [3.05, 3.63) is 53.3 Å². The van der Waals surface area contributed by atoms with Gasteiger partial charge in [0.2, 0.25) is 11.8 Å². The van der Waals surface area contributed by atoms with Gasteiger partial charge in [0, 0.05) is 26.1 Å². The monoisotopic (exact) mass is 381 g/mol. The molecule has 1 saturated heterocycles. The molecule has 4 rings (SSSR count). The SMILES string of the molecule is CCN1CCNC(=O)[C@@H]1CC(=O)N1CCn2nc(Cc3ccccc3)cc2C1. The third kappa shape index (κ3) is 3.94. The number of amides is 2. The predicted octanol–water partition coefficient (Wildman–Crippen LogP) is 1.03. The summed E-state index contributed by atoms with van der Waals surface area (Å²) in [7, 11) is 0. The molecule has 2 amide bonds. The fourth-order valence-electron chi connectivity index (χ4n) is 4.09. The summed E-state index contributed by atoms with van der Waals surface area (Å²) in [6.45, 7) is 6.16. The van der Waals surface area contributed by atoms with Gasteiger partial charge in [-0.05, 0) is 18.2 Å². The van der Waals surface area contributed by atoms with Crippen LogP contribution in [0, 0.1) is 0 Å². The van der Waals surface area contributed by atoms with Crippen LogP contribution in [0.2, 0.25) is 0 Å². The van der Waals surface area contributed by atoms with Crippen LogP contribution >= 0.6 is 0 Å². The average Bonchev–Trinajstić information content (AvgIpc) is 3.11. The molecule has 0 spiro atoms. The zero-order valence-electron chi connectivity index (χ0n) is 16.3. The summed E-state index contributed by atoms with van der Waals surface area (Å²) in [5.74, 6) is 0.00575. The van der Waals surface area contributed by atoms with E-state index in [2.05, 4.69) is 28.4 Å². The third-order valence-corrected chi connectivity index (χ3v) is 5.65. The van der Waals surface area contributed by atoms with E-state index in [0.717, 1.165) is 30.9 Å². The van der Waals surface area contributed by atoms with E-state index in [-0.39, 0.29) is 24.3 Å². The summed E-state index contributed by atoms with van der Waals surface area (Å²) in [6.07, 6.45) is 1.03. The second-order valence-electron chi connectivity index (χ2n) is 7.47. The van der Waals surface area contributed by atoms with Gasteiger partial charge in [-0.25, -0.2) is 0 Å². The first-order chi connectivity index (χ1) is 13.6. The lowest BCUT2D eigenvalue weighted by atomic mass is 10.1. The fraction of sp³-hybridized carbons (Fsp3) is 0.476. The van der Waals surface area contributed by atoms with E-state index >= 15 is 0 Å². The highest BCUT2D eigenvalue weighted by Crippen LogP contribution is 2.18. The maximum Gasteiger partial charge on any atom is 0.237 e. The van der Waals surface area contributed by atoms with E-state index in [1.807, 2.05) is 34.7 Å². The van der Waals surface area contributed by atoms with E-state index in [1.165, 1.54) is 5.56 Å². The molecule has 7 nitrogen and oxygen atoms in total. The summed E-state index contributed by atoms with van der Waals surface area (Å²) in [5.41, 5.74) is 3.32. The van der Waals surface area contributed by atoms with Crippen molar-refractivity contribution in [1.82, 2.24) is 24.9 Å². The molecule has 0 unspecified atom stereocenters. The topological polar surface area (TPSA) is 70.5 Å². The van der Waals surface area contributed by atoms with Crippen LogP contribution in [0.5, 0.6) is 0 Å². The van der Waals surface area contributed by atoms with E-state index in [1.54, 1.807) is 0 Å². The Balaban J connectivity index is 1.40. The molecule has 3 heterocycles. The van der Waals surface area contributed by atoms with Crippen molar-refractivity contribution in [2.75, 3.05) is 26.2 Å². The first-order valence-electron chi connectivity index (χ1n) is 10.0. The molecule has 0 radical (unpaired) electrons. The van der Waals surface area contributed by atoms with Crippen LogP contribution in [-0.4, -0.2) is 63.6 Å². The van der Waals surface area contributed by atoms with Crippen molar-refractivity contribution < 1.29 is 9.59 Å². The van der Waals surface area contributed by atoms with E-state index < -0.39 is 0 Å². The van der Waals surface area contributed by atoms with Crippen molar-refractivity contribution in [2.45, 2.75) is 38.9 Å². The molecule has 0 aliphatic carbocycles. The molecule has 0 bridgehead atoms. The quantitative estimate of drug-likeness (QED) is 0.840. The second kappa shape index (κ2) is 8.14. The Morgan fingerprint density at radius 3 is 2.82 bits per heavy atom. The number of likely N-dealkylation sites (N-methyl/N-ethyl adjacent to an activating group) is 1. The number of nitrogens with one attached hydrogen (secondary N) is 1. The Hall–Kier alpha value is -2.67. The Bertz CT molecular complexity index is 848. The molecule has 148 valence electrons. The standard InChI is InChI=1S/C21H27N5O2/c1-2-24-9-8-22-21(28)19(24)14-20(27)25-10-11-26-18(15-25)13-17(23-26)12-16-6-4-3-5-7-16/h3-7,13,19H,2,8-12,14-15H2,1H3,(H,22,28)/t19-/m0/s1. The van der Waals surface area contributed by atoms with E-state index in [0.29, 0.717) is 26.2 Å². The molecule has 1 fully saturated rings. The first kappa shape index (κ1) is 18.7. The second-order valence-corrected chi connectivity index (χ2v) is 7.47. The molecule has 2 aromatic rings. The minimum absolute atomic E-state index is 0.0337. The average molecular weight is 381 g/mol. The molecule has 0 saturated carbocycles. The number of carbonyl (C=O) groups excluding carboxylic acids is 2. The number of rotatable bonds is 5. The summed E-state index contributed by atoms with van der Waals surface area (Å²) in [5, 5.41) is 7.58. The van der Waals surface area contributed by atoms with Crippen LogP contribution in [-0.2, 0) is 29.1 Å². The molecule has 1 atom stereocenters. The summed E-state index contributed by atoms with van der Waals surface area (Å²) in [4.78, 5) is 29.0. The van der Waals surface area contributed by atoms with Gasteiger partial charge in [-0.1, -0.05) is 37.3 Å². The number of piperazine rings is 1. The van der Waals surface area contributed by atoms with Crippen LogP contribution in [0.25, 0.3) is 0 Å². The minimum Gasteiger partial charge on any atom is -0.353 e. The highest BCUT2D eigenvalue weighted by atomic mass is 16.2. The normalized spacial score (nSPS) is 20.0. The Morgan fingerprint density at radius 1 is 1.21 bits per heavy atom. The number of carbonyl (C=O) groups is 2. The highest BCUT2D eigenvalue weighted by Gasteiger charge is 2.33. The van der Waals surface area contributed by atoms with Gasteiger partial charge in [-0.3, -0.25) is 19.2 Å². The molecular weight excluding hydrogens is 354 g/mol. The zero-order valence-corrected chi connectivity index (χ0v) is 16.3. The number of aromatic nitrogens is 2. The van der Waals surface area contributed by atoms with Gasteiger partial charge in [0.1, 0.15) is 0 Å². The van der Waals surface area contributed by atoms with Crippen LogP contribution in [0.15, 0.2) is 36.4 Å². The van der Waals surface area contributed by atoms with Crippen molar-refractivity contribution in [3.8, 4) is 0 Å². The lowest BCUT2D eigenvalue weighted by molar-refractivity contribution is -0.139. The third-order valence-electron chi connectivity index (χ3n) is 5.65. The van der Waals surface area contributed by atoms with Crippen LogP contribution in [0.4, 0.5) is 0 Å². The van der Waals surface area contributed by atoms with Crippen molar-refractivity contribution >= 4 is 11.8 Å². The van der Waals surface area contributed by atoms with Crippen molar-refractivity contribution in [1.29, 1.82) is 0 Å². The van der Waals surface area contributed by atoms with Gasteiger partial charge in [0.05, 0.1) is 36.9 Å². The van der Waals surface area contributed by atoms with Gasteiger partial charge in [-0.15, -0.1) is 0 Å². The number of nitrogens with zero attached hydrogens (tertiary/aromatic N) is 4. The van der Waals surface area contributed by atoms with Crippen LogP contribution in [0.3, 0.4) is 0 Å². The van der Waals surface area contributed by atoms with Gasteiger partial charge in [0.25, 0.3) is 0 Å². The van der Waals surface area contributed by atoms with Crippen molar-refractivity contribution in [3.63, 3.8) is 0 Å². The fourth-order valence-corrected chi connectivity index (χ4v) is 4.09. The number of fused-ring (bicyclic) bond motifs is 1. The maximum atomic E-state index is 12.9. The lowest BCUT2D eigenvalue weighted by Gasteiger charge is -2.35. The maximum absolute atomic E-state index is 12.9. The molecule has 1 N–H and O–H groups in total.